The minimum absolute atomic E-state index is 0.106. The van der Waals surface area contributed by atoms with Crippen LogP contribution in [-0.2, 0) is 21.6 Å². The first kappa shape index (κ1) is 20.3. The molecule has 1 amide bonds. The average molecular weight is 407 g/mol. The van der Waals surface area contributed by atoms with Gasteiger partial charge in [0, 0.05) is 12.4 Å². The smallest absolute Gasteiger partial charge is 0.228 e. The fourth-order valence-electron chi connectivity index (χ4n) is 4.43. The number of imidazole rings is 1. The number of halogens is 1. The summed E-state index contributed by atoms with van der Waals surface area (Å²) >= 11 is 0. The second-order valence-corrected chi connectivity index (χ2v) is 7.97. The predicted octanol–water partition coefficient (Wildman–Crippen LogP) is 4.20. The molecule has 0 aliphatic heterocycles. The van der Waals surface area contributed by atoms with Crippen molar-refractivity contribution in [3.8, 4) is 5.69 Å². The number of aromatic nitrogens is 2. The summed E-state index contributed by atoms with van der Waals surface area (Å²) in [5.41, 5.74) is 7.29. The second kappa shape index (κ2) is 8.40. The molecule has 1 fully saturated rings. The van der Waals surface area contributed by atoms with Crippen molar-refractivity contribution in [3.63, 3.8) is 0 Å². The molecule has 2 N–H and O–H groups in total. The summed E-state index contributed by atoms with van der Waals surface area (Å²) in [7, 11) is 0. The first-order chi connectivity index (χ1) is 14.5. The Balaban J connectivity index is 1.47. The molecule has 2 aromatic carbocycles. The molecule has 1 heterocycles. The minimum atomic E-state index is -0.710. The monoisotopic (exact) mass is 407 g/mol. The number of hydrogen-bond acceptors (Lipinski definition) is 3. The van der Waals surface area contributed by atoms with Gasteiger partial charge < -0.3 is 15.0 Å². The lowest BCUT2D eigenvalue weighted by Crippen LogP contribution is -2.46. The summed E-state index contributed by atoms with van der Waals surface area (Å²) in [5.74, 6) is 0.0912. The molecular formula is C24H26FN3O2. The Kier molecular flexibility index (Phi) is 5.68. The van der Waals surface area contributed by atoms with E-state index in [0.717, 1.165) is 36.2 Å². The van der Waals surface area contributed by atoms with Crippen LogP contribution in [0, 0.1) is 12.7 Å². The van der Waals surface area contributed by atoms with Gasteiger partial charge in [0.05, 0.1) is 23.8 Å². The highest BCUT2D eigenvalue weighted by atomic mass is 19.1. The lowest BCUT2D eigenvalue weighted by atomic mass is 9.68. The number of nitrogens with two attached hydrogens (primary N) is 1. The zero-order valence-electron chi connectivity index (χ0n) is 17.1. The fourth-order valence-corrected chi connectivity index (χ4v) is 4.43. The third-order valence-corrected chi connectivity index (χ3v) is 6.09. The lowest BCUT2D eigenvalue weighted by molar-refractivity contribution is -0.127. The van der Waals surface area contributed by atoms with Crippen LogP contribution in [0.2, 0.25) is 0 Å². The van der Waals surface area contributed by atoms with Crippen molar-refractivity contribution >= 4 is 5.91 Å². The summed E-state index contributed by atoms with van der Waals surface area (Å²) in [6, 6.07) is 14.8. The Morgan fingerprint density at radius 2 is 2.10 bits per heavy atom. The van der Waals surface area contributed by atoms with Gasteiger partial charge in [-0.25, -0.2) is 9.37 Å². The van der Waals surface area contributed by atoms with E-state index in [0.29, 0.717) is 12.1 Å². The van der Waals surface area contributed by atoms with E-state index in [4.69, 9.17) is 10.5 Å². The van der Waals surface area contributed by atoms with Crippen LogP contribution in [0.15, 0.2) is 60.9 Å². The van der Waals surface area contributed by atoms with E-state index in [1.165, 1.54) is 6.07 Å². The largest absolute Gasteiger partial charge is 0.373 e. The van der Waals surface area contributed by atoms with Crippen molar-refractivity contribution in [1.29, 1.82) is 0 Å². The molecule has 3 aromatic rings. The zero-order valence-corrected chi connectivity index (χ0v) is 17.1. The highest BCUT2D eigenvalue weighted by molar-refractivity contribution is 5.87. The molecule has 5 nitrogen and oxygen atoms in total. The number of nitrogens with zero attached hydrogens (tertiary/aromatic N) is 2. The number of hydrogen-bond donors (Lipinski definition) is 1. The van der Waals surface area contributed by atoms with Gasteiger partial charge in [0.15, 0.2) is 0 Å². The van der Waals surface area contributed by atoms with Gasteiger partial charge in [-0.05, 0) is 55.9 Å². The van der Waals surface area contributed by atoms with Gasteiger partial charge >= 0.3 is 0 Å². The van der Waals surface area contributed by atoms with Crippen molar-refractivity contribution in [1.82, 2.24) is 9.55 Å². The van der Waals surface area contributed by atoms with Crippen molar-refractivity contribution in [2.75, 3.05) is 0 Å². The molecule has 0 saturated heterocycles. The summed E-state index contributed by atoms with van der Waals surface area (Å²) in [6.07, 6.45) is 6.25. The topological polar surface area (TPSA) is 70.1 Å². The Morgan fingerprint density at radius 3 is 2.77 bits per heavy atom. The van der Waals surface area contributed by atoms with Gasteiger partial charge in [0.25, 0.3) is 0 Å². The molecule has 30 heavy (non-hydrogen) atoms. The molecule has 2 atom stereocenters. The molecule has 1 aliphatic rings. The van der Waals surface area contributed by atoms with Gasteiger partial charge in [-0.3, -0.25) is 4.79 Å². The molecule has 0 spiro atoms. The molecular weight excluding hydrogens is 381 g/mol. The third kappa shape index (κ3) is 3.87. The van der Waals surface area contributed by atoms with E-state index in [9.17, 15) is 9.18 Å². The number of amides is 1. The second-order valence-electron chi connectivity index (χ2n) is 7.97. The molecule has 1 saturated carbocycles. The highest BCUT2D eigenvalue weighted by Gasteiger charge is 2.43. The molecule has 0 bridgehead atoms. The van der Waals surface area contributed by atoms with Crippen molar-refractivity contribution < 1.29 is 13.9 Å². The Morgan fingerprint density at radius 1 is 1.30 bits per heavy atom. The average Bonchev–Trinajstić information content (AvgIpc) is 3.18. The zero-order chi connectivity index (χ0) is 21.1. The maximum absolute atomic E-state index is 14.6. The quantitative estimate of drug-likeness (QED) is 0.666. The number of benzene rings is 2. The summed E-state index contributed by atoms with van der Waals surface area (Å²) in [4.78, 5) is 16.6. The van der Waals surface area contributed by atoms with Crippen molar-refractivity contribution in [3.05, 3.63) is 83.7 Å². The molecule has 6 heteroatoms. The van der Waals surface area contributed by atoms with Crippen LogP contribution < -0.4 is 5.73 Å². The van der Waals surface area contributed by atoms with Gasteiger partial charge in [-0.2, -0.15) is 0 Å². The van der Waals surface area contributed by atoms with Crippen LogP contribution in [0.3, 0.4) is 0 Å². The van der Waals surface area contributed by atoms with Gasteiger partial charge in [-0.1, -0.05) is 36.4 Å². The van der Waals surface area contributed by atoms with E-state index in [-0.39, 0.29) is 24.4 Å². The van der Waals surface area contributed by atoms with E-state index >= 15 is 0 Å². The van der Waals surface area contributed by atoms with E-state index in [1.54, 1.807) is 23.0 Å². The summed E-state index contributed by atoms with van der Waals surface area (Å²) < 4.78 is 22.5. The maximum Gasteiger partial charge on any atom is 0.228 e. The van der Waals surface area contributed by atoms with Crippen molar-refractivity contribution in [2.24, 2.45) is 5.73 Å². The molecule has 156 valence electrons. The fraction of sp³-hybridized carbons (Fsp3) is 0.333. The van der Waals surface area contributed by atoms with E-state index < -0.39 is 5.41 Å². The molecule has 1 aliphatic carbocycles. The molecule has 4 rings (SSSR count). The van der Waals surface area contributed by atoms with Crippen LogP contribution in [0.25, 0.3) is 5.69 Å². The van der Waals surface area contributed by atoms with Crippen LogP contribution in [0.4, 0.5) is 4.39 Å². The Labute approximate surface area is 175 Å². The summed E-state index contributed by atoms with van der Waals surface area (Å²) in [5, 5.41) is 0. The number of carbonyl (C=O) groups excluding carboxylic acids is 1. The molecule has 0 radical (unpaired) electrons. The van der Waals surface area contributed by atoms with Gasteiger partial charge in [-0.15, -0.1) is 0 Å². The SMILES string of the molecule is Cc1nccn1-c1ccc(COC2CCCC(C(N)=O)(c3ccccc3)C2)cc1F. The van der Waals surface area contributed by atoms with E-state index in [1.807, 2.05) is 43.3 Å². The standard InChI is InChI=1S/C24H26FN3O2/c1-17-27-12-13-28(17)22-10-9-18(14-21(22)25)16-30-20-8-5-11-24(15-20,23(26)29)19-6-3-2-4-7-19/h2-4,6-7,9-10,12-14,20H,5,8,11,15-16H2,1H3,(H2,26,29). The van der Waals surface area contributed by atoms with Crippen LogP contribution in [0.1, 0.15) is 42.6 Å². The predicted molar refractivity (Wildman–Crippen MR) is 113 cm³/mol. The maximum atomic E-state index is 14.6. The highest BCUT2D eigenvalue weighted by Crippen LogP contribution is 2.40. The normalized spacial score (nSPS) is 21.5. The summed E-state index contributed by atoms with van der Waals surface area (Å²) in [6.45, 7) is 2.12. The van der Waals surface area contributed by atoms with E-state index in [2.05, 4.69) is 4.98 Å². The van der Waals surface area contributed by atoms with Gasteiger partial charge in [0.2, 0.25) is 5.91 Å². The number of rotatable bonds is 6. The van der Waals surface area contributed by atoms with Gasteiger partial charge in [0.1, 0.15) is 11.6 Å². The first-order valence-corrected chi connectivity index (χ1v) is 10.3. The molecule has 2 unspecified atom stereocenters. The number of primary amides is 1. The molecule has 1 aromatic heterocycles. The lowest BCUT2D eigenvalue weighted by Gasteiger charge is -2.39. The minimum Gasteiger partial charge on any atom is -0.373 e. The number of ether oxygens (including phenoxy) is 1. The number of carbonyl (C=O) groups is 1. The van der Waals surface area contributed by atoms with Crippen molar-refractivity contribution in [2.45, 2.75) is 50.7 Å². The Bertz CT molecular complexity index is 1030. The number of aryl methyl sites for hydroxylation is 1. The Hall–Kier alpha value is -2.99. The van der Waals surface area contributed by atoms with Crippen LogP contribution in [0.5, 0.6) is 0 Å². The van der Waals surface area contributed by atoms with Crippen LogP contribution >= 0.6 is 0 Å². The third-order valence-electron chi connectivity index (χ3n) is 6.09. The van der Waals surface area contributed by atoms with Crippen LogP contribution in [-0.4, -0.2) is 21.6 Å². The first-order valence-electron chi connectivity index (χ1n) is 10.3.